The summed E-state index contributed by atoms with van der Waals surface area (Å²) in [5, 5.41) is 4.14. The van der Waals surface area contributed by atoms with Gasteiger partial charge in [-0.25, -0.2) is 4.39 Å². The molecule has 112 valence electrons. The van der Waals surface area contributed by atoms with E-state index in [-0.39, 0.29) is 17.3 Å². The van der Waals surface area contributed by atoms with Crippen LogP contribution in [0.25, 0.3) is 0 Å². The molecule has 1 unspecified atom stereocenters. The molecule has 2 rings (SSSR count). The van der Waals surface area contributed by atoms with Crippen molar-refractivity contribution >= 4 is 11.6 Å². The van der Waals surface area contributed by atoms with Gasteiger partial charge in [-0.3, -0.25) is 0 Å². The normalized spacial score (nSPS) is 13.2. The summed E-state index contributed by atoms with van der Waals surface area (Å²) in [6.45, 7) is 4.35. The summed E-state index contributed by atoms with van der Waals surface area (Å²) in [6, 6.07) is 14.9. The maximum Gasteiger partial charge on any atom is 0.123 e. The standard InChI is InChI=1S/C18H21ClFN/c1-18(2,14-7-9-16(20)10-8-14)17(21-3)12-13-5-4-6-15(19)11-13/h4-11,17,21H,12H2,1-3H3. The quantitative estimate of drug-likeness (QED) is 0.852. The van der Waals surface area contributed by atoms with Crippen molar-refractivity contribution in [3.63, 3.8) is 0 Å². The lowest BCUT2D eigenvalue weighted by Gasteiger charge is -2.35. The highest BCUT2D eigenvalue weighted by atomic mass is 35.5. The predicted molar refractivity (Wildman–Crippen MR) is 87.4 cm³/mol. The molecule has 2 aromatic carbocycles. The van der Waals surface area contributed by atoms with Crippen LogP contribution in [-0.2, 0) is 11.8 Å². The van der Waals surface area contributed by atoms with E-state index in [1.54, 1.807) is 0 Å². The largest absolute Gasteiger partial charge is 0.316 e. The Morgan fingerprint density at radius 2 is 1.81 bits per heavy atom. The zero-order valence-corrected chi connectivity index (χ0v) is 13.4. The molecule has 0 aliphatic carbocycles. The highest BCUT2D eigenvalue weighted by Gasteiger charge is 2.30. The minimum Gasteiger partial charge on any atom is -0.316 e. The Balaban J connectivity index is 2.24. The molecule has 1 nitrogen and oxygen atoms in total. The average molecular weight is 306 g/mol. The average Bonchev–Trinajstić information content (AvgIpc) is 2.45. The minimum absolute atomic E-state index is 0.120. The van der Waals surface area contributed by atoms with Crippen LogP contribution in [0.4, 0.5) is 4.39 Å². The van der Waals surface area contributed by atoms with Gasteiger partial charge >= 0.3 is 0 Å². The third kappa shape index (κ3) is 3.84. The van der Waals surface area contributed by atoms with Crippen molar-refractivity contribution in [2.24, 2.45) is 0 Å². The number of nitrogens with one attached hydrogen (secondary N) is 1. The van der Waals surface area contributed by atoms with E-state index >= 15 is 0 Å². The molecular weight excluding hydrogens is 285 g/mol. The van der Waals surface area contributed by atoms with Gasteiger partial charge in [0.2, 0.25) is 0 Å². The Bertz CT molecular complexity index is 592. The Labute approximate surface area is 131 Å². The van der Waals surface area contributed by atoms with Gasteiger partial charge in [0.15, 0.2) is 0 Å². The fraction of sp³-hybridized carbons (Fsp3) is 0.333. The van der Waals surface area contributed by atoms with Crippen LogP contribution in [0.1, 0.15) is 25.0 Å². The number of hydrogen-bond donors (Lipinski definition) is 1. The van der Waals surface area contributed by atoms with E-state index in [2.05, 4.69) is 25.2 Å². The number of hydrogen-bond acceptors (Lipinski definition) is 1. The van der Waals surface area contributed by atoms with E-state index in [4.69, 9.17) is 11.6 Å². The fourth-order valence-corrected chi connectivity index (χ4v) is 2.91. The molecule has 21 heavy (non-hydrogen) atoms. The monoisotopic (exact) mass is 305 g/mol. The van der Waals surface area contributed by atoms with Crippen molar-refractivity contribution in [1.82, 2.24) is 5.32 Å². The number of halogens is 2. The molecule has 2 aromatic rings. The van der Waals surface area contributed by atoms with E-state index in [1.165, 1.54) is 17.7 Å². The lowest BCUT2D eigenvalue weighted by molar-refractivity contribution is 0.356. The maximum absolute atomic E-state index is 13.1. The summed E-state index contributed by atoms with van der Waals surface area (Å²) in [6.07, 6.45) is 0.863. The lowest BCUT2D eigenvalue weighted by atomic mass is 9.75. The third-order valence-electron chi connectivity index (χ3n) is 4.14. The number of likely N-dealkylation sites (N-methyl/N-ethyl adjacent to an activating group) is 1. The summed E-state index contributed by atoms with van der Waals surface area (Å²) in [5.74, 6) is -0.203. The molecule has 3 heteroatoms. The maximum atomic E-state index is 13.1. The number of benzene rings is 2. The van der Waals surface area contributed by atoms with Gasteiger partial charge in [-0.1, -0.05) is 49.7 Å². The summed E-state index contributed by atoms with van der Waals surface area (Å²) in [5.41, 5.74) is 2.19. The van der Waals surface area contributed by atoms with Crippen molar-refractivity contribution in [3.05, 3.63) is 70.5 Å². The Morgan fingerprint density at radius 3 is 2.38 bits per heavy atom. The van der Waals surface area contributed by atoms with Crippen LogP contribution in [0.5, 0.6) is 0 Å². The Morgan fingerprint density at radius 1 is 1.14 bits per heavy atom. The molecule has 0 radical (unpaired) electrons. The van der Waals surface area contributed by atoms with E-state index in [0.29, 0.717) is 0 Å². The minimum atomic E-state index is -0.203. The summed E-state index contributed by atoms with van der Waals surface area (Å²) in [7, 11) is 1.96. The lowest BCUT2D eigenvalue weighted by Crippen LogP contribution is -2.44. The van der Waals surface area contributed by atoms with Gasteiger partial charge < -0.3 is 5.32 Å². The molecule has 0 aliphatic heterocycles. The Kier molecular flexibility index (Phi) is 5.02. The van der Waals surface area contributed by atoms with E-state index < -0.39 is 0 Å². The first kappa shape index (κ1) is 16.0. The van der Waals surface area contributed by atoms with Crippen LogP contribution in [0, 0.1) is 5.82 Å². The van der Waals surface area contributed by atoms with Crippen LogP contribution in [0.3, 0.4) is 0 Å². The van der Waals surface area contributed by atoms with Crippen LogP contribution < -0.4 is 5.32 Å². The summed E-state index contributed by atoms with van der Waals surface area (Å²) in [4.78, 5) is 0. The molecule has 0 aromatic heterocycles. The zero-order chi connectivity index (χ0) is 15.5. The first-order chi connectivity index (χ1) is 9.93. The van der Waals surface area contributed by atoms with E-state index in [9.17, 15) is 4.39 Å². The fourth-order valence-electron chi connectivity index (χ4n) is 2.70. The van der Waals surface area contributed by atoms with Gasteiger partial charge in [0.25, 0.3) is 0 Å². The highest BCUT2D eigenvalue weighted by Crippen LogP contribution is 2.29. The van der Waals surface area contributed by atoms with Crippen LogP contribution >= 0.6 is 11.6 Å². The van der Waals surface area contributed by atoms with Crippen LogP contribution in [0.2, 0.25) is 5.02 Å². The summed E-state index contributed by atoms with van der Waals surface area (Å²) < 4.78 is 13.1. The smallest absolute Gasteiger partial charge is 0.123 e. The highest BCUT2D eigenvalue weighted by molar-refractivity contribution is 6.30. The van der Waals surface area contributed by atoms with Gasteiger partial charge in [0.1, 0.15) is 5.82 Å². The molecule has 1 atom stereocenters. The zero-order valence-electron chi connectivity index (χ0n) is 12.7. The van der Waals surface area contributed by atoms with Crippen molar-refractivity contribution in [1.29, 1.82) is 0 Å². The van der Waals surface area contributed by atoms with Crippen molar-refractivity contribution in [2.45, 2.75) is 31.7 Å². The Hall–Kier alpha value is -1.38. The van der Waals surface area contributed by atoms with Crippen LogP contribution in [0.15, 0.2) is 48.5 Å². The molecule has 0 spiro atoms. The topological polar surface area (TPSA) is 12.0 Å². The second-order valence-electron chi connectivity index (χ2n) is 5.90. The summed E-state index contributed by atoms with van der Waals surface area (Å²) >= 11 is 6.06. The second-order valence-corrected chi connectivity index (χ2v) is 6.34. The molecule has 0 fully saturated rings. The SMILES string of the molecule is CNC(Cc1cccc(Cl)c1)C(C)(C)c1ccc(F)cc1. The van der Waals surface area contributed by atoms with Gasteiger partial charge in [0, 0.05) is 16.5 Å². The molecular formula is C18H21ClFN. The van der Waals surface area contributed by atoms with Crippen molar-refractivity contribution in [2.75, 3.05) is 7.05 Å². The van der Waals surface area contributed by atoms with Crippen molar-refractivity contribution < 1.29 is 4.39 Å². The predicted octanol–water partition coefficient (Wildman–Crippen LogP) is 4.59. The van der Waals surface area contributed by atoms with Gasteiger partial charge in [-0.2, -0.15) is 0 Å². The van der Waals surface area contributed by atoms with Gasteiger partial charge in [-0.15, -0.1) is 0 Å². The molecule has 0 saturated heterocycles. The van der Waals surface area contributed by atoms with E-state index in [1.807, 2.05) is 37.4 Å². The van der Waals surface area contributed by atoms with Crippen LogP contribution in [-0.4, -0.2) is 13.1 Å². The van der Waals surface area contributed by atoms with Crippen molar-refractivity contribution in [3.8, 4) is 0 Å². The van der Waals surface area contributed by atoms with Gasteiger partial charge in [-0.05, 0) is 48.9 Å². The number of rotatable bonds is 5. The third-order valence-corrected chi connectivity index (χ3v) is 4.37. The molecule has 0 bridgehead atoms. The molecule has 0 amide bonds. The molecule has 0 heterocycles. The first-order valence-electron chi connectivity index (χ1n) is 7.11. The van der Waals surface area contributed by atoms with Gasteiger partial charge in [0.05, 0.1) is 0 Å². The molecule has 1 N–H and O–H groups in total. The molecule has 0 aliphatic rings. The first-order valence-corrected chi connectivity index (χ1v) is 7.49. The van der Waals surface area contributed by atoms with E-state index in [0.717, 1.165) is 17.0 Å². The second kappa shape index (κ2) is 6.59. The molecule has 0 saturated carbocycles.